The average Bonchev–Trinajstić information content (AvgIpc) is 2.70. The van der Waals surface area contributed by atoms with E-state index < -0.39 is 0 Å². The SMILES string of the molecule is CCOC(=O)CCn1ncc2ccccc21. The predicted octanol–water partition coefficient (Wildman–Crippen LogP) is 1.99. The van der Waals surface area contributed by atoms with Crippen molar-refractivity contribution in [2.45, 2.75) is 19.9 Å². The lowest BCUT2D eigenvalue weighted by Gasteiger charge is -2.03. The average molecular weight is 218 g/mol. The lowest BCUT2D eigenvalue weighted by atomic mass is 10.2. The Balaban J connectivity index is 2.07. The zero-order valence-electron chi connectivity index (χ0n) is 9.22. The van der Waals surface area contributed by atoms with Gasteiger partial charge >= 0.3 is 5.97 Å². The Labute approximate surface area is 93.8 Å². The van der Waals surface area contributed by atoms with E-state index in [1.165, 1.54) is 0 Å². The first kappa shape index (κ1) is 10.7. The van der Waals surface area contributed by atoms with Gasteiger partial charge in [-0.1, -0.05) is 18.2 Å². The number of ether oxygens (including phenoxy) is 1. The third-order valence-electron chi connectivity index (χ3n) is 2.38. The molecule has 2 rings (SSSR count). The van der Waals surface area contributed by atoms with Crippen molar-refractivity contribution < 1.29 is 9.53 Å². The first-order valence-corrected chi connectivity index (χ1v) is 5.37. The Morgan fingerprint density at radius 2 is 2.25 bits per heavy atom. The van der Waals surface area contributed by atoms with E-state index in [1.54, 1.807) is 13.1 Å². The summed E-state index contributed by atoms with van der Waals surface area (Å²) in [5, 5.41) is 5.33. The quantitative estimate of drug-likeness (QED) is 0.737. The summed E-state index contributed by atoms with van der Waals surface area (Å²) in [6.07, 6.45) is 2.17. The first-order valence-electron chi connectivity index (χ1n) is 5.37. The molecule has 0 saturated heterocycles. The number of carbonyl (C=O) groups is 1. The molecular weight excluding hydrogens is 204 g/mol. The van der Waals surface area contributed by atoms with Crippen molar-refractivity contribution in [3.63, 3.8) is 0 Å². The van der Waals surface area contributed by atoms with Crippen LogP contribution in [0.4, 0.5) is 0 Å². The molecule has 0 radical (unpaired) electrons. The summed E-state index contributed by atoms with van der Waals surface area (Å²) in [5.74, 6) is -0.179. The summed E-state index contributed by atoms with van der Waals surface area (Å²) in [4.78, 5) is 11.2. The van der Waals surface area contributed by atoms with Crippen LogP contribution in [0.3, 0.4) is 0 Å². The van der Waals surface area contributed by atoms with Crippen LogP contribution in [0.15, 0.2) is 30.5 Å². The fourth-order valence-corrected chi connectivity index (χ4v) is 1.63. The second-order valence-electron chi connectivity index (χ2n) is 3.48. The fourth-order valence-electron chi connectivity index (χ4n) is 1.63. The predicted molar refractivity (Wildman–Crippen MR) is 61.0 cm³/mol. The Kier molecular flexibility index (Phi) is 3.19. The second kappa shape index (κ2) is 4.79. The van der Waals surface area contributed by atoms with Gasteiger partial charge in [0.1, 0.15) is 0 Å². The van der Waals surface area contributed by atoms with Crippen molar-refractivity contribution in [1.29, 1.82) is 0 Å². The lowest BCUT2D eigenvalue weighted by Crippen LogP contribution is -2.09. The molecule has 1 aromatic heterocycles. The van der Waals surface area contributed by atoms with Crippen molar-refractivity contribution >= 4 is 16.9 Å². The third kappa shape index (κ3) is 2.21. The highest BCUT2D eigenvalue weighted by molar-refractivity contribution is 5.78. The fraction of sp³-hybridized carbons (Fsp3) is 0.333. The molecule has 1 heterocycles. The number of fused-ring (bicyclic) bond motifs is 1. The molecule has 16 heavy (non-hydrogen) atoms. The number of aromatic nitrogens is 2. The van der Waals surface area contributed by atoms with Crippen molar-refractivity contribution in [1.82, 2.24) is 9.78 Å². The standard InChI is InChI=1S/C12H14N2O2/c1-2-16-12(15)7-8-14-11-6-4-3-5-10(11)9-13-14/h3-6,9H,2,7-8H2,1H3. The summed E-state index contributed by atoms with van der Waals surface area (Å²) in [7, 11) is 0. The molecule has 0 unspecified atom stereocenters. The summed E-state index contributed by atoms with van der Waals surface area (Å²) >= 11 is 0. The number of aryl methyl sites for hydroxylation is 1. The molecule has 2 aromatic rings. The van der Waals surface area contributed by atoms with E-state index in [4.69, 9.17) is 4.74 Å². The first-order chi connectivity index (χ1) is 7.81. The number of nitrogens with zero attached hydrogens (tertiary/aromatic N) is 2. The number of carbonyl (C=O) groups excluding carboxylic acids is 1. The van der Waals surface area contributed by atoms with Gasteiger partial charge in [0.2, 0.25) is 0 Å². The summed E-state index contributed by atoms with van der Waals surface area (Å²) in [5.41, 5.74) is 1.05. The summed E-state index contributed by atoms with van der Waals surface area (Å²) < 4.78 is 6.70. The van der Waals surface area contributed by atoms with Crippen LogP contribution in [-0.2, 0) is 16.1 Å². The molecule has 0 bridgehead atoms. The minimum atomic E-state index is -0.179. The summed E-state index contributed by atoms with van der Waals surface area (Å²) in [6.45, 7) is 2.80. The van der Waals surface area contributed by atoms with Gasteiger partial charge in [-0.3, -0.25) is 9.48 Å². The van der Waals surface area contributed by atoms with Crippen LogP contribution in [0.5, 0.6) is 0 Å². The van der Waals surface area contributed by atoms with Gasteiger partial charge in [-0.05, 0) is 13.0 Å². The highest BCUT2D eigenvalue weighted by Crippen LogP contribution is 2.12. The Bertz CT molecular complexity index is 490. The zero-order valence-corrected chi connectivity index (χ0v) is 9.22. The highest BCUT2D eigenvalue weighted by Gasteiger charge is 2.05. The molecule has 84 valence electrons. The van der Waals surface area contributed by atoms with E-state index in [2.05, 4.69) is 5.10 Å². The monoisotopic (exact) mass is 218 g/mol. The highest BCUT2D eigenvalue weighted by atomic mass is 16.5. The Hall–Kier alpha value is -1.84. The smallest absolute Gasteiger partial charge is 0.307 e. The van der Waals surface area contributed by atoms with Gasteiger partial charge in [0.15, 0.2) is 0 Å². The van der Waals surface area contributed by atoms with E-state index in [0.29, 0.717) is 19.6 Å². The van der Waals surface area contributed by atoms with Crippen molar-refractivity contribution in [2.24, 2.45) is 0 Å². The van der Waals surface area contributed by atoms with Gasteiger partial charge in [0, 0.05) is 5.39 Å². The second-order valence-corrected chi connectivity index (χ2v) is 3.48. The number of benzene rings is 1. The van der Waals surface area contributed by atoms with E-state index in [0.717, 1.165) is 10.9 Å². The largest absolute Gasteiger partial charge is 0.466 e. The molecule has 4 nitrogen and oxygen atoms in total. The number of rotatable bonds is 4. The van der Waals surface area contributed by atoms with E-state index >= 15 is 0 Å². The van der Waals surface area contributed by atoms with E-state index in [9.17, 15) is 4.79 Å². The van der Waals surface area contributed by atoms with Crippen LogP contribution in [0.1, 0.15) is 13.3 Å². The van der Waals surface area contributed by atoms with Crippen molar-refractivity contribution in [3.05, 3.63) is 30.5 Å². The van der Waals surface area contributed by atoms with Gasteiger partial charge in [-0.25, -0.2) is 0 Å². The van der Waals surface area contributed by atoms with Crippen molar-refractivity contribution in [3.8, 4) is 0 Å². The number of hydrogen-bond donors (Lipinski definition) is 0. The molecule has 0 spiro atoms. The molecule has 1 aromatic carbocycles. The van der Waals surface area contributed by atoms with Crippen LogP contribution in [0.25, 0.3) is 10.9 Å². The molecule has 0 saturated carbocycles. The van der Waals surface area contributed by atoms with Gasteiger partial charge < -0.3 is 4.74 Å². The summed E-state index contributed by atoms with van der Waals surface area (Å²) in [6, 6.07) is 7.93. The molecule has 0 fully saturated rings. The van der Waals surface area contributed by atoms with Crippen LogP contribution in [0.2, 0.25) is 0 Å². The molecule has 0 aliphatic rings. The minimum Gasteiger partial charge on any atom is -0.466 e. The molecule has 0 aliphatic heterocycles. The molecule has 4 heteroatoms. The molecular formula is C12H14N2O2. The Morgan fingerprint density at radius 3 is 3.06 bits per heavy atom. The van der Waals surface area contributed by atoms with Gasteiger partial charge in [0.25, 0.3) is 0 Å². The van der Waals surface area contributed by atoms with Crippen LogP contribution in [0, 0.1) is 0 Å². The van der Waals surface area contributed by atoms with Crippen LogP contribution < -0.4 is 0 Å². The molecule has 0 atom stereocenters. The number of para-hydroxylation sites is 1. The van der Waals surface area contributed by atoms with Gasteiger partial charge in [-0.2, -0.15) is 5.10 Å². The topological polar surface area (TPSA) is 44.1 Å². The number of hydrogen-bond acceptors (Lipinski definition) is 3. The maximum absolute atomic E-state index is 11.2. The van der Waals surface area contributed by atoms with Gasteiger partial charge in [-0.15, -0.1) is 0 Å². The molecule has 0 amide bonds. The van der Waals surface area contributed by atoms with Crippen LogP contribution in [-0.4, -0.2) is 22.4 Å². The van der Waals surface area contributed by atoms with Gasteiger partial charge in [0.05, 0.1) is 31.3 Å². The van der Waals surface area contributed by atoms with Crippen LogP contribution >= 0.6 is 0 Å². The molecule has 0 aliphatic carbocycles. The minimum absolute atomic E-state index is 0.179. The maximum Gasteiger partial charge on any atom is 0.307 e. The van der Waals surface area contributed by atoms with Crippen molar-refractivity contribution in [2.75, 3.05) is 6.61 Å². The van der Waals surface area contributed by atoms with E-state index in [-0.39, 0.29) is 5.97 Å². The molecule has 0 N–H and O–H groups in total. The third-order valence-corrected chi connectivity index (χ3v) is 2.38. The number of esters is 1. The van der Waals surface area contributed by atoms with E-state index in [1.807, 2.05) is 28.9 Å². The Morgan fingerprint density at radius 1 is 1.44 bits per heavy atom. The normalized spacial score (nSPS) is 10.6. The maximum atomic E-state index is 11.2. The zero-order chi connectivity index (χ0) is 11.4. The lowest BCUT2D eigenvalue weighted by molar-refractivity contribution is -0.143.